The lowest BCUT2D eigenvalue weighted by Gasteiger charge is -2.41. The molecule has 0 saturated carbocycles. The van der Waals surface area contributed by atoms with Crippen LogP contribution in [0.4, 0.5) is 0 Å². The van der Waals surface area contributed by atoms with E-state index in [2.05, 4.69) is 26.0 Å². The van der Waals surface area contributed by atoms with Crippen molar-refractivity contribution < 1.29 is 14.7 Å². The third-order valence-corrected chi connectivity index (χ3v) is 6.04. The Kier molecular flexibility index (Phi) is 6.20. The zero-order valence-electron chi connectivity index (χ0n) is 16.6. The summed E-state index contributed by atoms with van der Waals surface area (Å²) in [6, 6.07) is 10.3. The second kappa shape index (κ2) is 8.42. The molecular weight excluding hydrogens is 340 g/mol. The zero-order chi connectivity index (χ0) is 19.4. The number of aliphatic hydroxyl groups excluding tert-OH is 1. The number of likely N-dealkylation sites (tertiary alicyclic amines) is 2. The van der Waals surface area contributed by atoms with Crippen LogP contribution in [0.25, 0.3) is 0 Å². The number of hydrogen-bond acceptors (Lipinski definition) is 3. The summed E-state index contributed by atoms with van der Waals surface area (Å²) in [5, 5.41) is 10.0. The standard InChI is InChI=1S/C22H32N2O3/c1-17(2)14-24-15-19(12-20(24)26)21(27)23-10-8-22(16-25,9-11-23)13-18-6-4-3-5-7-18/h3-7,17,19,25H,8-16H2,1-2H3/t19-/m0/s1. The van der Waals surface area contributed by atoms with Gasteiger partial charge in [0.15, 0.2) is 0 Å². The van der Waals surface area contributed by atoms with Crippen molar-refractivity contribution in [1.29, 1.82) is 0 Å². The molecule has 1 atom stereocenters. The van der Waals surface area contributed by atoms with Crippen molar-refractivity contribution in [1.82, 2.24) is 9.80 Å². The van der Waals surface area contributed by atoms with Gasteiger partial charge < -0.3 is 14.9 Å². The fourth-order valence-electron chi connectivity index (χ4n) is 4.43. The number of nitrogens with zero attached hydrogens (tertiary/aromatic N) is 2. The fourth-order valence-corrected chi connectivity index (χ4v) is 4.43. The Balaban J connectivity index is 1.56. The van der Waals surface area contributed by atoms with Crippen LogP contribution in [0.1, 0.15) is 38.7 Å². The minimum Gasteiger partial charge on any atom is -0.396 e. The Morgan fingerprint density at radius 1 is 1.22 bits per heavy atom. The lowest BCUT2D eigenvalue weighted by Crippen LogP contribution is -2.47. The van der Waals surface area contributed by atoms with Gasteiger partial charge in [0.2, 0.25) is 11.8 Å². The highest BCUT2D eigenvalue weighted by atomic mass is 16.3. The van der Waals surface area contributed by atoms with Crippen LogP contribution in [0.3, 0.4) is 0 Å². The van der Waals surface area contributed by atoms with E-state index in [0.29, 0.717) is 32.0 Å². The van der Waals surface area contributed by atoms with E-state index >= 15 is 0 Å². The Hall–Kier alpha value is -1.88. The second-order valence-corrected chi connectivity index (χ2v) is 8.74. The summed E-state index contributed by atoms with van der Waals surface area (Å²) in [5.41, 5.74) is 1.09. The Morgan fingerprint density at radius 3 is 2.48 bits per heavy atom. The number of amides is 2. The van der Waals surface area contributed by atoms with E-state index in [1.165, 1.54) is 5.56 Å². The first-order valence-corrected chi connectivity index (χ1v) is 10.1. The maximum atomic E-state index is 12.9. The summed E-state index contributed by atoms with van der Waals surface area (Å²) >= 11 is 0. The number of hydrogen-bond donors (Lipinski definition) is 1. The van der Waals surface area contributed by atoms with Gasteiger partial charge >= 0.3 is 0 Å². The van der Waals surface area contributed by atoms with Crippen molar-refractivity contribution in [3.8, 4) is 0 Å². The van der Waals surface area contributed by atoms with E-state index < -0.39 is 0 Å². The highest BCUT2D eigenvalue weighted by Gasteiger charge is 2.40. The van der Waals surface area contributed by atoms with Crippen LogP contribution in [0.5, 0.6) is 0 Å². The molecule has 1 N–H and O–H groups in total. The SMILES string of the molecule is CC(C)CN1C[C@@H](C(=O)N2CCC(CO)(Cc3ccccc3)CC2)CC1=O. The molecule has 2 saturated heterocycles. The fraction of sp³-hybridized carbons (Fsp3) is 0.636. The topological polar surface area (TPSA) is 60.9 Å². The lowest BCUT2D eigenvalue weighted by atomic mass is 9.74. The molecule has 2 aliphatic heterocycles. The van der Waals surface area contributed by atoms with Gasteiger partial charge in [0.05, 0.1) is 5.92 Å². The van der Waals surface area contributed by atoms with Crippen molar-refractivity contribution in [3.05, 3.63) is 35.9 Å². The molecule has 0 aliphatic carbocycles. The zero-order valence-corrected chi connectivity index (χ0v) is 16.6. The van der Waals surface area contributed by atoms with E-state index in [-0.39, 0.29) is 29.8 Å². The minimum atomic E-state index is -0.202. The third-order valence-electron chi connectivity index (χ3n) is 6.04. The predicted octanol–water partition coefficient (Wildman–Crippen LogP) is 2.33. The van der Waals surface area contributed by atoms with Gasteiger partial charge in [0.25, 0.3) is 0 Å². The summed E-state index contributed by atoms with van der Waals surface area (Å²) in [6.45, 7) is 6.95. The van der Waals surface area contributed by atoms with Crippen LogP contribution in [0.2, 0.25) is 0 Å². The van der Waals surface area contributed by atoms with E-state index in [9.17, 15) is 14.7 Å². The summed E-state index contributed by atoms with van der Waals surface area (Å²) < 4.78 is 0. The molecule has 2 amide bonds. The highest BCUT2D eigenvalue weighted by Crippen LogP contribution is 2.35. The third kappa shape index (κ3) is 4.70. The Bertz CT molecular complexity index is 651. The lowest BCUT2D eigenvalue weighted by molar-refractivity contribution is -0.138. The summed E-state index contributed by atoms with van der Waals surface area (Å²) in [5.74, 6) is 0.432. The van der Waals surface area contributed by atoms with Crippen LogP contribution in [0.15, 0.2) is 30.3 Å². The van der Waals surface area contributed by atoms with Crippen LogP contribution < -0.4 is 0 Å². The first-order valence-electron chi connectivity index (χ1n) is 10.1. The smallest absolute Gasteiger partial charge is 0.227 e. The normalized spacial score (nSPS) is 22.5. The first kappa shape index (κ1) is 19.9. The molecular formula is C22H32N2O3. The van der Waals surface area contributed by atoms with Gasteiger partial charge in [-0.2, -0.15) is 0 Å². The van der Waals surface area contributed by atoms with Crippen LogP contribution >= 0.6 is 0 Å². The first-order chi connectivity index (χ1) is 12.9. The maximum absolute atomic E-state index is 12.9. The van der Waals surface area contributed by atoms with Crippen molar-refractivity contribution in [2.24, 2.45) is 17.3 Å². The van der Waals surface area contributed by atoms with Gasteiger partial charge in [0, 0.05) is 44.6 Å². The number of benzene rings is 1. The average molecular weight is 373 g/mol. The van der Waals surface area contributed by atoms with Crippen LogP contribution in [-0.4, -0.2) is 59.5 Å². The number of carbonyl (C=O) groups is 2. The molecule has 2 fully saturated rings. The number of carbonyl (C=O) groups excluding carboxylic acids is 2. The second-order valence-electron chi connectivity index (χ2n) is 8.74. The maximum Gasteiger partial charge on any atom is 0.227 e. The molecule has 2 heterocycles. The van der Waals surface area contributed by atoms with E-state index in [0.717, 1.165) is 25.8 Å². The van der Waals surface area contributed by atoms with Crippen molar-refractivity contribution in [2.45, 2.75) is 39.5 Å². The summed E-state index contributed by atoms with van der Waals surface area (Å²) in [6.07, 6.45) is 2.80. The molecule has 5 nitrogen and oxygen atoms in total. The highest BCUT2D eigenvalue weighted by molar-refractivity contribution is 5.89. The average Bonchev–Trinajstić information content (AvgIpc) is 3.02. The summed E-state index contributed by atoms with van der Waals surface area (Å²) in [7, 11) is 0. The quantitative estimate of drug-likeness (QED) is 0.834. The molecule has 148 valence electrons. The Morgan fingerprint density at radius 2 is 1.89 bits per heavy atom. The van der Waals surface area contributed by atoms with Gasteiger partial charge in [-0.1, -0.05) is 44.2 Å². The Labute approximate surface area is 162 Å². The van der Waals surface area contributed by atoms with E-state index in [1.807, 2.05) is 28.0 Å². The summed E-state index contributed by atoms with van der Waals surface area (Å²) in [4.78, 5) is 28.9. The molecule has 3 rings (SSSR count). The molecule has 0 bridgehead atoms. The molecule has 27 heavy (non-hydrogen) atoms. The van der Waals surface area contributed by atoms with E-state index in [4.69, 9.17) is 0 Å². The van der Waals surface area contributed by atoms with Gasteiger partial charge in [-0.05, 0) is 30.7 Å². The van der Waals surface area contributed by atoms with Crippen LogP contribution in [-0.2, 0) is 16.0 Å². The van der Waals surface area contributed by atoms with Gasteiger partial charge in [-0.3, -0.25) is 9.59 Å². The molecule has 5 heteroatoms. The molecule has 2 aliphatic rings. The van der Waals surface area contributed by atoms with Gasteiger partial charge in [0.1, 0.15) is 0 Å². The number of piperidine rings is 1. The molecule has 0 aromatic heterocycles. The largest absolute Gasteiger partial charge is 0.396 e. The van der Waals surface area contributed by atoms with Gasteiger partial charge in [-0.15, -0.1) is 0 Å². The van der Waals surface area contributed by atoms with E-state index in [1.54, 1.807) is 0 Å². The van der Waals surface area contributed by atoms with Crippen molar-refractivity contribution in [3.63, 3.8) is 0 Å². The monoisotopic (exact) mass is 372 g/mol. The molecule has 1 aromatic carbocycles. The molecule has 0 unspecified atom stereocenters. The number of aliphatic hydroxyl groups is 1. The van der Waals surface area contributed by atoms with Crippen LogP contribution in [0, 0.1) is 17.3 Å². The molecule has 0 radical (unpaired) electrons. The minimum absolute atomic E-state index is 0.104. The number of rotatable bonds is 6. The molecule has 1 aromatic rings. The van der Waals surface area contributed by atoms with Gasteiger partial charge in [-0.25, -0.2) is 0 Å². The van der Waals surface area contributed by atoms with Crippen molar-refractivity contribution >= 4 is 11.8 Å². The van der Waals surface area contributed by atoms with Crippen molar-refractivity contribution in [2.75, 3.05) is 32.8 Å². The predicted molar refractivity (Wildman–Crippen MR) is 105 cm³/mol. The molecule has 0 spiro atoms.